The molecule has 2 aromatic rings. The Hall–Kier alpha value is -3.36. The van der Waals surface area contributed by atoms with Crippen LogP contribution >= 0.6 is 0 Å². The molecule has 9 heteroatoms. The van der Waals surface area contributed by atoms with Gasteiger partial charge in [0.25, 0.3) is 5.91 Å². The van der Waals surface area contributed by atoms with Crippen LogP contribution in [0, 0.1) is 5.92 Å². The Morgan fingerprint density at radius 2 is 2.08 bits per heavy atom. The monoisotopic (exact) mass is 356 g/mol. The predicted molar refractivity (Wildman–Crippen MR) is 96.2 cm³/mol. The Bertz CT molecular complexity index is 837. The number of nitrogens with one attached hydrogen (secondary N) is 2. The smallest absolute Gasteiger partial charge is 0.254 e. The van der Waals surface area contributed by atoms with Crippen molar-refractivity contribution in [2.45, 2.75) is 18.9 Å². The van der Waals surface area contributed by atoms with Crippen LogP contribution in [-0.2, 0) is 4.79 Å². The van der Waals surface area contributed by atoms with Crippen molar-refractivity contribution in [3.8, 4) is 5.75 Å². The lowest BCUT2D eigenvalue weighted by atomic mass is 10.2. The maximum atomic E-state index is 11.7. The fraction of sp³-hybridized carbons (Fsp3) is 0.294. The number of ether oxygens (including phenoxy) is 1. The lowest BCUT2D eigenvalue weighted by Crippen LogP contribution is -2.37. The summed E-state index contributed by atoms with van der Waals surface area (Å²) in [5, 5.41) is 5.97. The molecule has 0 radical (unpaired) electrons. The quantitative estimate of drug-likeness (QED) is 0.552. The third-order valence-electron chi connectivity index (χ3n) is 4.07. The van der Waals surface area contributed by atoms with Crippen LogP contribution in [0.5, 0.6) is 5.75 Å². The van der Waals surface area contributed by atoms with Crippen molar-refractivity contribution in [3.63, 3.8) is 0 Å². The van der Waals surface area contributed by atoms with E-state index in [1.807, 2.05) is 0 Å². The van der Waals surface area contributed by atoms with Crippen molar-refractivity contribution < 1.29 is 14.3 Å². The first-order valence-electron chi connectivity index (χ1n) is 8.11. The molecule has 1 fully saturated rings. The number of aromatic nitrogens is 2. The number of primary amides is 2. The first kappa shape index (κ1) is 17.5. The summed E-state index contributed by atoms with van der Waals surface area (Å²) in [7, 11) is 1.56. The number of amides is 2. The lowest BCUT2D eigenvalue weighted by molar-refractivity contribution is -0.119. The molecule has 1 saturated carbocycles. The van der Waals surface area contributed by atoms with Crippen LogP contribution in [0.4, 0.5) is 17.5 Å². The number of nitrogens with zero attached hydrogens (tertiary/aromatic N) is 2. The number of hydrogen-bond donors (Lipinski definition) is 4. The minimum atomic E-state index is -0.671. The van der Waals surface area contributed by atoms with E-state index in [0.717, 1.165) is 12.8 Å². The van der Waals surface area contributed by atoms with E-state index >= 15 is 0 Å². The first-order chi connectivity index (χ1) is 12.5. The molecule has 6 N–H and O–H groups in total. The van der Waals surface area contributed by atoms with E-state index in [0.29, 0.717) is 11.4 Å². The van der Waals surface area contributed by atoms with Gasteiger partial charge in [-0.1, -0.05) is 6.07 Å². The molecule has 1 aliphatic carbocycles. The van der Waals surface area contributed by atoms with Gasteiger partial charge in [-0.3, -0.25) is 9.59 Å². The molecule has 2 amide bonds. The first-order valence-corrected chi connectivity index (χ1v) is 8.11. The average Bonchev–Trinajstić information content (AvgIpc) is 3.44. The fourth-order valence-electron chi connectivity index (χ4n) is 2.55. The second kappa shape index (κ2) is 7.26. The number of hydrogen-bond acceptors (Lipinski definition) is 7. The summed E-state index contributed by atoms with van der Waals surface area (Å²) < 4.78 is 5.18. The molecule has 1 aliphatic rings. The van der Waals surface area contributed by atoms with E-state index in [1.54, 1.807) is 31.4 Å². The number of anilines is 3. The standard InChI is InChI=1S/C17H20N6O3/c1-26-11-4-2-3-10(7-11)21-16-12(14(18)24)8-20-17(23-16)22-13(15(19)25)9-5-6-9/h2-4,7-9,13H,5-6H2,1H3,(H2,18,24)(H2,19,25)(H2,20,21,22,23). The zero-order valence-corrected chi connectivity index (χ0v) is 14.2. The lowest BCUT2D eigenvalue weighted by Gasteiger charge is -2.16. The summed E-state index contributed by atoms with van der Waals surface area (Å²) in [5.74, 6) is 0.110. The number of nitrogens with two attached hydrogens (primary N) is 2. The molecule has 0 aliphatic heterocycles. The number of rotatable bonds is 8. The van der Waals surface area contributed by atoms with Crippen LogP contribution < -0.4 is 26.8 Å². The predicted octanol–water partition coefficient (Wildman–Crippen LogP) is 1.00. The number of carbonyl (C=O) groups excluding carboxylic acids is 2. The van der Waals surface area contributed by atoms with Gasteiger partial charge in [0.1, 0.15) is 23.2 Å². The normalized spacial score (nSPS) is 14.3. The van der Waals surface area contributed by atoms with Crippen LogP contribution in [0.1, 0.15) is 23.2 Å². The molecule has 1 unspecified atom stereocenters. The van der Waals surface area contributed by atoms with E-state index in [9.17, 15) is 9.59 Å². The molecule has 0 spiro atoms. The van der Waals surface area contributed by atoms with Gasteiger partial charge in [-0.15, -0.1) is 0 Å². The summed E-state index contributed by atoms with van der Waals surface area (Å²) in [6.45, 7) is 0. The highest BCUT2D eigenvalue weighted by molar-refractivity contribution is 5.98. The van der Waals surface area contributed by atoms with Crippen LogP contribution in [0.15, 0.2) is 30.5 Å². The molecule has 0 bridgehead atoms. The second-order valence-corrected chi connectivity index (χ2v) is 6.04. The zero-order chi connectivity index (χ0) is 18.7. The van der Waals surface area contributed by atoms with Crippen molar-refractivity contribution in [2.24, 2.45) is 17.4 Å². The highest BCUT2D eigenvalue weighted by Gasteiger charge is 2.35. The third kappa shape index (κ3) is 4.00. The van der Waals surface area contributed by atoms with Gasteiger partial charge in [0.05, 0.1) is 7.11 Å². The maximum Gasteiger partial charge on any atom is 0.254 e. The Kier molecular flexibility index (Phi) is 4.87. The molecule has 26 heavy (non-hydrogen) atoms. The molecular weight excluding hydrogens is 336 g/mol. The zero-order valence-electron chi connectivity index (χ0n) is 14.2. The average molecular weight is 356 g/mol. The van der Waals surface area contributed by atoms with Crippen LogP contribution in [0.3, 0.4) is 0 Å². The highest BCUT2D eigenvalue weighted by Crippen LogP contribution is 2.34. The molecule has 1 aromatic carbocycles. The van der Waals surface area contributed by atoms with Gasteiger partial charge in [0.2, 0.25) is 11.9 Å². The molecule has 9 nitrogen and oxygen atoms in total. The van der Waals surface area contributed by atoms with Gasteiger partial charge in [0.15, 0.2) is 0 Å². The molecule has 1 heterocycles. The number of carbonyl (C=O) groups is 2. The summed E-state index contributed by atoms with van der Waals surface area (Å²) in [5.41, 5.74) is 11.6. The van der Waals surface area contributed by atoms with Gasteiger partial charge >= 0.3 is 0 Å². The SMILES string of the molecule is COc1cccc(Nc2nc(NC(C(N)=O)C3CC3)ncc2C(N)=O)c1. The second-order valence-electron chi connectivity index (χ2n) is 6.04. The molecule has 1 atom stereocenters. The van der Waals surface area contributed by atoms with Gasteiger partial charge in [-0.25, -0.2) is 4.98 Å². The minimum absolute atomic E-state index is 0.125. The van der Waals surface area contributed by atoms with Crippen LogP contribution in [0.2, 0.25) is 0 Å². The van der Waals surface area contributed by atoms with Crippen molar-refractivity contribution in [3.05, 3.63) is 36.0 Å². The van der Waals surface area contributed by atoms with E-state index in [1.165, 1.54) is 6.20 Å². The van der Waals surface area contributed by atoms with Crippen LogP contribution in [-0.4, -0.2) is 34.9 Å². The van der Waals surface area contributed by atoms with Gasteiger partial charge in [-0.2, -0.15) is 4.98 Å². The number of methoxy groups -OCH3 is 1. The molecule has 3 rings (SSSR count). The van der Waals surface area contributed by atoms with Crippen molar-refractivity contribution in [2.75, 3.05) is 17.7 Å². The van der Waals surface area contributed by atoms with E-state index < -0.39 is 17.9 Å². The van der Waals surface area contributed by atoms with E-state index in [-0.39, 0.29) is 23.2 Å². The topological polar surface area (TPSA) is 145 Å². The summed E-state index contributed by atoms with van der Waals surface area (Å²) in [6.07, 6.45) is 3.16. The van der Waals surface area contributed by atoms with Crippen molar-refractivity contribution >= 4 is 29.3 Å². The minimum Gasteiger partial charge on any atom is -0.497 e. The number of benzene rings is 1. The Labute approximate surface area is 150 Å². The van der Waals surface area contributed by atoms with E-state index in [2.05, 4.69) is 20.6 Å². The Balaban J connectivity index is 1.88. The largest absolute Gasteiger partial charge is 0.497 e. The van der Waals surface area contributed by atoms with Gasteiger partial charge < -0.3 is 26.8 Å². The van der Waals surface area contributed by atoms with Crippen molar-refractivity contribution in [1.82, 2.24) is 9.97 Å². The molecular formula is C17H20N6O3. The highest BCUT2D eigenvalue weighted by atomic mass is 16.5. The maximum absolute atomic E-state index is 11.7. The fourth-order valence-corrected chi connectivity index (χ4v) is 2.55. The summed E-state index contributed by atoms with van der Waals surface area (Å²) in [6, 6.07) is 6.58. The summed E-state index contributed by atoms with van der Waals surface area (Å²) in [4.78, 5) is 31.7. The van der Waals surface area contributed by atoms with Crippen molar-refractivity contribution in [1.29, 1.82) is 0 Å². The third-order valence-corrected chi connectivity index (χ3v) is 4.07. The molecule has 1 aromatic heterocycles. The summed E-state index contributed by atoms with van der Waals surface area (Å²) >= 11 is 0. The Morgan fingerprint density at radius 3 is 2.69 bits per heavy atom. The molecule has 136 valence electrons. The van der Waals surface area contributed by atoms with Gasteiger partial charge in [-0.05, 0) is 30.9 Å². The van der Waals surface area contributed by atoms with Gasteiger partial charge in [0, 0.05) is 18.0 Å². The van der Waals surface area contributed by atoms with Crippen LogP contribution in [0.25, 0.3) is 0 Å². The van der Waals surface area contributed by atoms with E-state index in [4.69, 9.17) is 16.2 Å². The molecule has 0 saturated heterocycles. The Morgan fingerprint density at radius 1 is 1.31 bits per heavy atom.